The molecule has 3 N–H and O–H groups in total. The second-order valence-electron chi connectivity index (χ2n) is 5.40. The minimum absolute atomic E-state index is 0.114. The van der Waals surface area contributed by atoms with Gasteiger partial charge in [-0.1, -0.05) is 0 Å². The van der Waals surface area contributed by atoms with Gasteiger partial charge in [0, 0.05) is 25.2 Å². The predicted octanol–water partition coefficient (Wildman–Crippen LogP) is 1.42. The number of benzene rings is 1. The molecule has 1 aromatic carbocycles. The summed E-state index contributed by atoms with van der Waals surface area (Å²) in [6.45, 7) is 1.72. The van der Waals surface area contributed by atoms with E-state index in [1.54, 1.807) is 12.1 Å². The topological polar surface area (TPSA) is 101 Å². The van der Waals surface area contributed by atoms with E-state index in [1.165, 1.54) is 12.1 Å². The second kappa shape index (κ2) is 6.44. The standard InChI is InChI=1S/C14H20N2O4S/c15-21(19,20)13-4-2-12(3-5-13)16-9-7-11(8-10-16)1-6-14(17)18/h2-5,11H,1,6-10H2,(H,17,18)(H2,15,19,20). The summed E-state index contributed by atoms with van der Waals surface area (Å²) in [6, 6.07) is 6.55. The van der Waals surface area contributed by atoms with Crippen molar-refractivity contribution in [1.82, 2.24) is 0 Å². The third kappa shape index (κ3) is 4.44. The SMILES string of the molecule is NS(=O)(=O)c1ccc(N2CCC(CCC(=O)O)CC2)cc1. The first-order valence-corrected chi connectivity index (χ1v) is 8.50. The molecular formula is C14H20N2O4S. The molecule has 21 heavy (non-hydrogen) atoms. The molecule has 1 heterocycles. The molecule has 7 heteroatoms. The van der Waals surface area contributed by atoms with E-state index in [1.807, 2.05) is 0 Å². The molecule has 6 nitrogen and oxygen atoms in total. The fourth-order valence-electron chi connectivity index (χ4n) is 2.65. The van der Waals surface area contributed by atoms with E-state index in [4.69, 9.17) is 10.2 Å². The van der Waals surface area contributed by atoms with Crippen LogP contribution in [0.5, 0.6) is 0 Å². The van der Waals surface area contributed by atoms with E-state index >= 15 is 0 Å². The Morgan fingerprint density at radius 3 is 2.29 bits per heavy atom. The van der Waals surface area contributed by atoms with E-state index in [0.717, 1.165) is 38.0 Å². The van der Waals surface area contributed by atoms with E-state index < -0.39 is 16.0 Å². The number of anilines is 1. The van der Waals surface area contributed by atoms with Gasteiger partial charge in [0.15, 0.2) is 0 Å². The molecule has 0 aliphatic carbocycles. The van der Waals surface area contributed by atoms with Gasteiger partial charge in [-0.25, -0.2) is 13.6 Å². The Kier molecular flexibility index (Phi) is 4.84. The monoisotopic (exact) mass is 312 g/mol. The number of piperidine rings is 1. The molecule has 0 amide bonds. The summed E-state index contributed by atoms with van der Waals surface area (Å²) >= 11 is 0. The highest BCUT2D eigenvalue weighted by molar-refractivity contribution is 7.89. The van der Waals surface area contributed by atoms with Crippen molar-refractivity contribution in [2.45, 2.75) is 30.6 Å². The zero-order chi connectivity index (χ0) is 15.5. The minimum Gasteiger partial charge on any atom is -0.481 e. The van der Waals surface area contributed by atoms with E-state index in [0.29, 0.717) is 5.92 Å². The van der Waals surface area contributed by atoms with Crippen LogP contribution in [-0.4, -0.2) is 32.6 Å². The van der Waals surface area contributed by atoms with Crippen molar-refractivity contribution >= 4 is 21.7 Å². The van der Waals surface area contributed by atoms with Crippen LogP contribution in [0.25, 0.3) is 0 Å². The number of aliphatic carboxylic acids is 1. The largest absolute Gasteiger partial charge is 0.481 e. The molecular weight excluding hydrogens is 292 g/mol. The predicted molar refractivity (Wildman–Crippen MR) is 79.6 cm³/mol. The number of rotatable bonds is 5. The number of nitrogens with zero attached hydrogens (tertiary/aromatic N) is 1. The summed E-state index contributed by atoms with van der Waals surface area (Å²) in [5, 5.41) is 13.8. The van der Waals surface area contributed by atoms with Crippen LogP contribution in [0.15, 0.2) is 29.2 Å². The van der Waals surface area contributed by atoms with Crippen molar-refractivity contribution in [3.63, 3.8) is 0 Å². The molecule has 0 bridgehead atoms. The summed E-state index contributed by atoms with van der Waals surface area (Å²) in [6.07, 6.45) is 2.88. The third-order valence-electron chi connectivity index (χ3n) is 3.91. The smallest absolute Gasteiger partial charge is 0.303 e. The van der Waals surface area contributed by atoms with Gasteiger partial charge in [0.25, 0.3) is 0 Å². The summed E-state index contributed by atoms with van der Waals surface area (Å²) < 4.78 is 22.4. The van der Waals surface area contributed by atoms with Crippen LogP contribution in [0.3, 0.4) is 0 Å². The number of hydrogen-bond donors (Lipinski definition) is 2. The Bertz CT molecular complexity index is 590. The molecule has 1 fully saturated rings. The molecule has 0 radical (unpaired) electrons. The number of hydrogen-bond acceptors (Lipinski definition) is 4. The highest BCUT2D eigenvalue weighted by Gasteiger charge is 2.20. The Balaban J connectivity index is 1.92. The fourth-order valence-corrected chi connectivity index (χ4v) is 3.17. The molecule has 0 unspecified atom stereocenters. The molecule has 1 aliphatic rings. The number of carboxylic acids is 1. The van der Waals surface area contributed by atoms with Crippen LogP contribution in [0.2, 0.25) is 0 Å². The zero-order valence-corrected chi connectivity index (χ0v) is 12.6. The van der Waals surface area contributed by atoms with Crippen molar-refractivity contribution in [1.29, 1.82) is 0 Å². The molecule has 0 saturated carbocycles. The van der Waals surface area contributed by atoms with Crippen LogP contribution in [0.4, 0.5) is 5.69 Å². The van der Waals surface area contributed by atoms with Gasteiger partial charge >= 0.3 is 5.97 Å². The normalized spacial score (nSPS) is 16.9. The van der Waals surface area contributed by atoms with E-state index in [-0.39, 0.29) is 11.3 Å². The highest BCUT2D eigenvalue weighted by atomic mass is 32.2. The second-order valence-corrected chi connectivity index (χ2v) is 6.96. The average molecular weight is 312 g/mol. The van der Waals surface area contributed by atoms with Gasteiger partial charge < -0.3 is 10.0 Å². The van der Waals surface area contributed by atoms with Crippen molar-refractivity contribution in [3.05, 3.63) is 24.3 Å². The molecule has 116 valence electrons. The lowest BCUT2D eigenvalue weighted by atomic mass is 9.92. The van der Waals surface area contributed by atoms with Crippen LogP contribution >= 0.6 is 0 Å². The van der Waals surface area contributed by atoms with Gasteiger partial charge in [-0.2, -0.15) is 0 Å². The van der Waals surface area contributed by atoms with Crippen LogP contribution in [0.1, 0.15) is 25.7 Å². The Hall–Kier alpha value is -1.60. The number of primary sulfonamides is 1. The maximum Gasteiger partial charge on any atom is 0.303 e. The summed E-state index contributed by atoms with van der Waals surface area (Å²) in [5.41, 5.74) is 0.971. The van der Waals surface area contributed by atoms with Crippen molar-refractivity contribution < 1.29 is 18.3 Å². The van der Waals surface area contributed by atoms with E-state index in [2.05, 4.69) is 4.90 Å². The van der Waals surface area contributed by atoms with Gasteiger partial charge in [0.2, 0.25) is 10.0 Å². The third-order valence-corrected chi connectivity index (χ3v) is 4.84. The average Bonchev–Trinajstić information content (AvgIpc) is 2.45. The van der Waals surface area contributed by atoms with E-state index in [9.17, 15) is 13.2 Å². The van der Waals surface area contributed by atoms with Crippen LogP contribution in [-0.2, 0) is 14.8 Å². The lowest BCUT2D eigenvalue weighted by molar-refractivity contribution is -0.137. The summed E-state index contributed by atoms with van der Waals surface area (Å²) in [4.78, 5) is 12.9. The van der Waals surface area contributed by atoms with Gasteiger partial charge in [0.1, 0.15) is 0 Å². The lowest BCUT2D eigenvalue weighted by Crippen LogP contribution is -2.33. The van der Waals surface area contributed by atoms with Crippen molar-refractivity contribution in [2.75, 3.05) is 18.0 Å². The maximum atomic E-state index is 11.2. The molecule has 0 atom stereocenters. The van der Waals surface area contributed by atoms with Crippen molar-refractivity contribution in [2.24, 2.45) is 11.1 Å². The van der Waals surface area contributed by atoms with Crippen LogP contribution < -0.4 is 10.0 Å². The summed E-state index contributed by atoms with van der Waals surface area (Å²) in [7, 11) is -3.65. The first-order chi connectivity index (χ1) is 9.86. The molecule has 1 aromatic rings. The van der Waals surface area contributed by atoms with Gasteiger partial charge in [0.05, 0.1) is 4.90 Å². The minimum atomic E-state index is -3.65. The number of carbonyl (C=O) groups is 1. The number of nitrogens with two attached hydrogens (primary N) is 1. The van der Waals surface area contributed by atoms with Gasteiger partial charge in [-0.3, -0.25) is 4.79 Å². The Morgan fingerprint density at radius 2 is 1.81 bits per heavy atom. The molecule has 0 aromatic heterocycles. The highest BCUT2D eigenvalue weighted by Crippen LogP contribution is 2.26. The number of sulfonamides is 1. The maximum absolute atomic E-state index is 11.2. The molecule has 1 aliphatic heterocycles. The molecule has 1 saturated heterocycles. The first-order valence-electron chi connectivity index (χ1n) is 6.96. The Morgan fingerprint density at radius 1 is 1.24 bits per heavy atom. The van der Waals surface area contributed by atoms with Gasteiger partial charge in [-0.15, -0.1) is 0 Å². The molecule has 0 spiro atoms. The number of carboxylic acid groups (broad SMARTS) is 1. The summed E-state index contributed by atoms with van der Waals surface area (Å²) in [5.74, 6) is -0.281. The first kappa shape index (κ1) is 15.8. The van der Waals surface area contributed by atoms with Crippen LogP contribution in [0, 0.1) is 5.92 Å². The quantitative estimate of drug-likeness (QED) is 0.856. The lowest BCUT2D eigenvalue weighted by Gasteiger charge is -2.33. The molecule has 2 rings (SSSR count). The fraction of sp³-hybridized carbons (Fsp3) is 0.500. The Labute approximate surface area is 124 Å². The zero-order valence-electron chi connectivity index (χ0n) is 11.7. The van der Waals surface area contributed by atoms with Gasteiger partial charge in [-0.05, 0) is 49.4 Å². The van der Waals surface area contributed by atoms with Crippen molar-refractivity contribution in [3.8, 4) is 0 Å².